The van der Waals surface area contributed by atoms with Crippen LogP contribution >= 0.6 is 0 Å². The minimum atomic E-state index is -3.38. The Kier molecular flexibility index (Phi) is 4.99. The predicted molar refractivity (Wildman–Crippen MR) is 101 cm³/mol. The fraction of sp³-hybridized carbons (Fsp3) is 0.278. The van der Waals surface area contributed by atoms with E-state index in [-0.39, 0.29) is 6.04 Å². The van der Waals surface area contributed by atoms with Gasteiger partial charge in [0.1, 0.15) is 5.88 Å². The highest BCUT2D eigenvalue weighted by molar-refractivity contribution is 7.89. The van der Waals surface area contributed by atoms with Gasteiger partial charge in [-0.05, 0) is 35.2 Å². The molecule has 0 unspecified atom stereocenters. The molecule has 8 heteroatoms. The number of aromatic nitrogens is 1. The van der Waals surface area contributed by atoms with Crippen LogP contribution in [0.15, 0.2) is 51.7 Å². The van der Waals surface area contributed by atoms with Crippen molar-refractivity contribution in [3.05, 3.63) is 58.6 Å². The molecule has 3 aromatic rings. The molecule has 0 radical (unpaired) electrons. The lowest BCUT2D eigenvalue weighted by atomic mass is 10.0. The number of hydrogen-bond donors (Lipinski definition) is 2. The van der Waals surface area contributed by atoms with Crippen LogP contribution in [0, 0.1) is 0 Å². The van der Waals surface area contributed by atoms with E-state index >= 15 is 0 Å². The van der Waals surface area contributed by atoms with E-state index in [1.54, 1.807) is 12.1 Å². The van der Waals surface area contributed by atoms with Gasteiger partial charge in [0, 0.05) is 18.8 Å². The summed E-state index contributed by atoms with van der Waals surface area (Å²) in [6.07, 6.45) is 1.78. The molecular weight excluding hydrogens is 354 g/mol. The number of rotatable bonds is 6. The molecular formula is C18H21N3O4S. The SMILES string of the molecule is CS(=O)(=O)Cn1c(=O)oc2ccc(-c3ccc(C[C@H](N)CN)cc3)cc21. The summed E-state index contributed by atoms with van der Waals surface area (Å²) in [6.45, 7) is 0.427. The van der Waals surface area contributed by atoms with E-state index in [1.165, 1.54) is 0 Å². The molecule has 0 saturated heterocycles. The average Bonchev–Trinajstić information content (AvgIpc) is 2.89. The third-order valence-corrected chi connectivity index (χ3v) is 4.85. The molecule has 138 valence electrons. The van der Waals surface area contributed by atoms with Crippen LogP contribution in [0.25, 0.3) is 22.2 Å². The van der Waals surface area contributed by atoms with Crippen molar-refractivity contribution in [1.82, 2.24) is 4.57 Å². The molecule has 0 aliphatic carbocycles. The normalized spacial score (nSPS) is 13.2. The number of nitrogens with two attached hydrogens (primary N) is 2. The molecule has 1 aromatic heterocycles. The molecule has 0 amide bonds. The number of fused-ring (bicyclic) bond motifs is 1. The van der Waals surface area contributed by atoms with E-state index in [2.05, 4.69) is 0 Å². The Hall–Kier alpha value is -2.42. The van der Waals surface area contributed by atoms with Crippen LogP contribution in [0.1, 0.15) is 5.56 Å². The van der Waals surface area contributed by atoms with Gasteiger partial charge in [-0.2, -0.15) is 0 Å². The highest BCUT2D eigenvalue weighted by Crippen LogP contribution is 2.25. The quantitative estimate of drug-likeness (QED) is 0.665. The Morgan fingerprint density at radius 2 is 1.77 bits per heavy atom. The highest BCUT2D eigenvalue weighted by atomic mass is 32.2. The van der Waals surface area contributed by atoms with E-state index in [4.69, 9.17) is 15.9 Å². The number of oxazole rings is 1. The largest absolute Gasteiger partial charge is 0.420 e. The summed E-state index contributed by atoms with van der Waals surface area (Å²) in [5.74, 6) is -1.10. The van der Waals surface area contributed by atoms with Gasteiger partial charge in [0.2, 0.25) is 0 Å². The molecule has 2 aromatic carbocycles. The number of sulfone groups is 1. The van der Waals surface area contributed by atoms with Crippen LogP contribution in [0.2, 0.25) is 0 Å². The van der Waals surface area contributed by atoms with Crippen LogP contribution in [0.4, 0.5) is 0 Å². The Morgan fingerprint density at radius 1 is 1.12 bits per heavy atom. The van der Waals surface area contributed by atoms with Gasteiger partial charge in [-0.15, -0.1) is 0 Å². The summed E-state index contributed by atoms with van der Waals surface area (Å²) in [4.78, 5) is 11.9. The zero-order chi connectivity index (χ0) is 18.9. The van der Waals surface area contributed by atoms with Crippen molar-refractivity contribution in [2.75, 3.05) is 12.8 Å². The minimum absolute atomic E-state index is 0.0754. The van der Waals surface area contributed by atoms with Gasteiger partial charge in [-0.3, -0.25) is 4.57 Å². The van der Waals surface area contributed by atoms with Crippen molar-refractivity contribution < 1.29 is 12.8 Å². The fourth-order valence-electron chi connectivity index (χ4n) is 2.82. The summed E-state index contributed by atoms with van der Waals surface area (Å²) in [6, 6.07) is 13.1. The maximum absolute atomic E-state index is 11.9. The predicted octanol–water partition coefficient (Wildman–Crippen LogP) is 1.09. The molecule has 7 nitrogen and oxygen atoms in total. The van der Waals surface area contributed by atoms with E-state index in [9.17, 15) is 13.2 Å². The van der Waals surface area contributed by atoms with Crippen molar-refractivity contribution in [2.24, 2.45) is 11.5 Å². The molecule has 0 bridgehead atoms. The third kappa shape index (κ3) is 4.04. The van der Waals surface area contributed by atoms with Gasteiger partial charge in [0.25, 0.3) is 0 Å². The molecule has 3 rings (SSSR count). The van der Waals surface area contributed by atoms with Crippen LogP contribution in [0.3, 0.4) is 0 Å². The van der Waals surface area contributed by atoms with Crippen LogP contribution in [-0.4, -0.2) is 31.8 Å². The van der Waals surface area contributed by atoms with Crippen LogP contribution < -0.4 is 17.2 Å². The monoisotopic (exact) mass is 375 g/mol. The Labute approximate surface area is 151 Å². The second-order valence-corrected chi connectivity index (χ2v) is 8.54. The van der Waals surface area contributed by atoms with Crippen molar-refractivity contribution in [3.8, 4) is 11.1 Å². The number of benzene rings is 2. The molecule has 0 aliphatic rings. The first-order valence-corrected chi connectivity index (χ1v) is 10.2. The molecule has 1 heterocycles. The van der Waals surface area contributed by atoms with E-state index in [0.29, 0.717) is 24.1 Å². The second-order valence-electron chi connectivity index (χ2n) is 6.43. The zero-order valence-corrected chi connectivity index (χ0v) is 15.2. The van der Waals surface area contributed by atoms with Crippen molar-refractivity contribution in [1.29, 1.82) is 0 Å². The molecule has 0 saturated carbocycles. The lowest BCUT2D eigenvalue weighted by Gasteiger charge is -2.09. The van der Waals surface area contributed by atoms with Crippen molar-refractivity contribution in [2.45, 2.75) is 18.3 Å². The summed E-state index contributed by atoms with van der Waals surface area (Å²) in [5, 5.41) is 0. The molecule has 4 N–H and O–H groups in total. The Morgan fingerprint density at radius 3 is 2.38 bits per heavy atom. The highest BCUT2D eigenvalue weighted by Gasteiger charge is 2.14. The average molecular weight is 375 g/mol. The van der Waals surface area contributed by atoms with E-state index in [1.807, 2.05) is 30.3 Å². The molecule has 0 fully saturated rings. The summed E-state index contributed by atoms with van der Waals surface area (Å²) < 4.78 is 29.4. The maximum Gasteiger partial charge on any atom is 0.420 e. The van der Waals surface area contributed by atoms with Crippen molar-refractivity contribution >= 4 is 20.9 Å². The summed E-state index contributed by atoms with van der Waals surface area (Å²) >= 11 is 0. The van der Waals surface area contributed by atoms with E-state index < -0.39 is 21.5 Å². The van der Waals surface area contributed by atoms with Crippen LogP contribution in [-0.2, 0) is 22.1 Å². The second kappa shape index (κ2) is 7.06. The first kappa shape index (κ1) is 18.4. The van der Waals surface area contributed by atoms with Gasteiger partial charge in [-0.1, -0.05) is 30.3 Å². The van der Waals surface area contributed by atoms with Gasteiger partial charge in [0.15, 0.2) is 15.4 Å². The first-order chi connectivity index (χ1) is 12.3. The van der Waals surface area contributed by atoms with Crippen LogP contribution in [0.5, 0.6) is 0 Å². The molecule has 1 atom stereocenters. The number of hydrogen-bond acceptors (Lipinski definition) is 6. The molecule has 26 heavy (non-hydrogen) atoms. The number of nitrogens with zero attached hydrogens (tertiary/aromatic N) is 1. The first-order valence-electron chi connectivity index (χ1n) is 8.13. The Bertz CT molecular complexity index is 1080. The third-order valence-electron chi connectivity index (χ3n) is 4.12. The molecule has 0 spiro atoms. The topological polar surface area (TPSA) is 121 Å². The minimum Gasteiger partial charge on any atom is -0.408 e. The van der Waals surface area contributed by atoms with Gasteiger partial charge < -0.3 is 15.9 Å². The summed E-state index contributed by atoms with van der Waals surface area (Å²) in [5.41, 5.74) is 15.1. The van der Waals surface area contributed by atoms with E-state index in [0.717, 1.165) is 27.5 Å². The standard InChI is InChI=1S/C18H21N3O4S/c1-26(23,24)11-21-16-9-14(6-7-17(16)25-18(21)22)13-4-2-12(3-5-13)8-15(20)10-19/h2-7,9,15H,8,10-11,19-20H2,1H3/t15-/m0/s1. The lowest BCUT2D eigenvalue weighted by Crippen LogP contribution is -2.31. The maximum atomic E-state index is 11.9. The summed E-state index contributed by atoms with van der Waals surface area (Å²) in [7, 11) is -3.38. The zero-order valence-electron chi connectivity index (χ0n) is 14.4. The van der Waals surface area contributed by atoms with Gasteiger partial charge in [0.05, 0.1) is 5.52 Å². The smallest absolute Gasteiger partial charge is 0.408 e. The molecule has 0 aliphatic heterocycles. The van der Waals surface area contributed by atoms with Crippen molar-refractivity contribution in [3.63, 3.8) is 0 Å². The Balaban J connectivity index is 1.98. The van der Waals surface area contributed by atoms with Gasteiger partial charge >= 0.3 is 5.76 Å². The van der Waals surface area contributed by atoms with Gasteiger partial charge in [-0.25, -0.2) is 13.2 Å². The lowest BCUT2D eigenvalue weighted by molar-refractivity contribution is 0.518. The fourth-order valence-corrected chi connectivity index (χ4v) is 3.53.